The van der Waals surface area contributed by atoms with Crippen LogP contribution in [-0.4, -0.2) is 45.8 Å². The number of carbonyl (C=O) groups excluding carboxylic acids is 4. The van der Waals surface area contributed by atoms with Crippen LogP contribution in [0.1, 0.15) is 91.2 Å². The number of amides is 4. The number of carboxylic acid groups (broad SMARTS) is 2. The van der Waals surface area contributed by atoms with Gasteiger partial charge in [0.25, 0.3) is 0 Å². The molecule has 2 aliphatic carbocycles. The van der Waals surface area contributed by atoms with Crippen LogP contribution in [0.5, 0.6) is 0 Å². The molecule has 2 N–H and O–H groups in total. The molecule has 0 aromatic heterocycles. The highest BCUT2D eigenvalue weighted by Crippen LogP contribution is 2.61. The predicted octanol–water partition coefficient (Wildman–Crippen LogP) is 4.62. The Kier molecular flexibility index (Phi) is 6.06. The first kappa shape index (κ1) is 29.9. The number of hydrogen-bond donors (Lipinski definition) is 2. The minimum absolute atomic E-state index is 0.0768. The fourth-order valence-electron chi connectivity index (χ4n) is 9.46. The maximum Gasteiger partial charge on any atom is 0.309 e. The lowest BCUT2D eigenvalue weighted by Crippen LogP contribution is -2.65. The largest absolute Gasteiger partial charge is 0.481 e. The quantitative estimate of drug-likeness (QED) is 0.490. The van der Waals surface area contributed by atoms with Crippen molar-refractivity contribution in [3.63, 3.8) is 0 Å². The number of carbonyl (C=O) groups is 6. The molecule has 0 spiro atoms. The van der Waals surface area contributed by atoms with Gasteiger partial charge in [-0.3, -0.25) is 28.8 Å². The normalized spacial score (nSPS) is 39.9. The van der Waals surface area contributed by atoms with E-state index in [1.54, 1.807) is 67.5 Å². The molecule has 0 radical (unpaired) electrons. The van der Waals surface area contributed by atoms with Gasteiger partial charge < -0.3 is 10.2 Å². The van der Waals surface area contributed by atoms with E-state index in [1.807, 2.05) is 0 Å². The minimum atomic E-state index is -1.24. The molecule has 2 aliphatic heterocycles. The van der Waals surface area contributed by atoms with E-state index in [-0.39, 0.29) is 49.9 Å². The summed E-state index contributed by atoms with van der Waals surface area (Å²) in [5.74, 6) is -4.09. The van der Waals surface area contributed by atoms with Crippen molar-refractivity contribution in [2.24, 2.45) is 32.5 Å². The van der Waals surface area contributed by atoms with Crippen molar-refractivity contribution in [2.75, 3.05) is 9.80 Å². The van der Waals surface area contributed by atoms with Crippen molar-refractivity contribution in [3.8, 4) is 0 Å². The Morgan fingerprint density at radius 2 is 0.810 bits per heavy atom. The first-order valence-electron chi connectivity index (χ1n) is 14.4. The van der Waals surface area contributed by atoms with E-state index in [0.717, 1.165) is 9.80 Å². The minimum Gasteiger partial charge on any atom is -0.481 e. The lowest BCUT2D eigenvalue weighted by atomic mass is 9.51. The summed E-state index contributed by atoms with van der Waals surface area (Å²) in [4.78, 5) is 83.0. The molecule has 226 valence electrons. The number of fused-ring (bicyclic) bond motifs is 4. The molecule has 4 fully saturated rings. The van der Waals surface area contributed by atoms with Crippen LogP contribution in [0, 0.1) is 46.3 Å². The monoisotopic (exact) mass is 580 g/mol. The Balaban J connectivity index is 1.63. The Morgan fingerprint density at radius 1 is 0.548 bits per heavy atom. The van der Waals surface area contributed by atoms with Crippen LogP contribution in [0.3, 0.4) is 0 Å². The molecule has 42 heavy (non-hydrogen) atoms. The van der Waals surface area contributed by atoms with Crippen molar-refractivity contribution in [1.82, 2.24) is 0 Å². The standard InChI is InChI=1S/C32H40N2O8/c1-17-9-18(2)20(34-23(37)29(5)12-30(6,24(34)38)16-32(8,15-29)26(41)42)10-19(17)33-21(35)27(3)11-28(4,22(33)36)14-31(7,13-27)25(39)40/h9-10H,11-16H2,1-8H3,(H,39,40)(H,41,42). The predicted molar refractivity (Wildman–Crippen MR) is 153 cm³/mol. The van der Waals surface area contributed by atoms with Gasteiger partial charge in [-0.2, -0.15) is 0 Å². The fraction of sp³-hybridized carbons (Fsp3) is 0.625. The van der Waals surface area contributed by atoms with Crippen molar-refractivity contribution >= 4 is 46.9 Å². The second-order valence-electron chi connectivity index (χ2n) is 15.4. The van der Waals surface area contributed by atoms with Gasteiger partial charge in [0, 0.05) is 21.7 Å². The Bertz CT molecular complexity index is 1350. The van der Waals surface area contributed by atoms with Gasteiger partial charge in [-0.25, -0.2) is 9.80 Å². The molecule has 2 saturated heterocycles. The molecule has 1 aromatic carbocycles. The van der Waals surface area contributed by atoms with E-state index in [4.69, 9.17) is 0 Å². The third-order valence-corrected chi connectivity index (χ3v) is 10.6. The van der Waals surface area contributed by atoms with Crippen molar-refractivity contribution in [1.29, 1.82) is 0 Å². The summed E-state index contributed by atoms with van der Waals surface area (Å²) in [5, 5.41) is 20.0. The van der Waals surface area contributed by atoms with E-state index in [9.17, 15) is 39.0 Å². The lowest BCUT2D eigenvalue weighted by Gasteiger charge is -2.56. The van der Waals surface area contributed by atoms with Crippen LogP contribution in [0.25, 0.3) is 0 Å². The second kappa shape index (κ2) is 8.51. The van der Waals surface area contributed by atoms with E-state index < -0.39 is 68.1 Å². The molecule has 4 aliphatic rings. The molecule has 4 unspecified atom stereocenters. The number of imide groups is 2. The van der Waals surface area contributed by atoms with Crippen molar-refractivity contribution < 1.29 is 39.0 Å². The second-order valence-corrected chi connectivity index (χ2v) is 15.4. The number of carboxylic acids is 2. The molecule has 1 aromatic rings. The summed E-state index contributed by atoms with van der Waals surface area (Å²) in [5.41, 5.74) is -5.23. The zero-order valence-corrected chi connectivity index (χ0v) is 25.6. The van der Waals surface area contributed by atoms with Crippen LogP contribution in [0.4, 0.5) is 11.4 Å². The van der Waals surface area contributed by atoms with Gasteiger partial charge in [-0.15, -0.1) is 0 Å². The summed E-state index contributed by atoms with van der Waals surface area (Å²) in [7, 11) is 0. The lowest BCUT2D eigenvalue weighted by molar-refractivity contribution is -0.169. The maximum absolute atomic E-state index is 14.1. The van der Waals surface area contributed by atoms with Crippen molar-refractivity contribution in [2.45, 2.75) is 93.9 Å². The van der Waals surface area contributed by atoms with Crippen LogP contribution in [0.15, 0.2) is 12.1 Å². The van der Waals surface area contributed by atoms with Crippen LogP contribution in [-0.2, 0) is 28.8 Å². The Labute approximate surface area is 245 Å². The van der Waals surface area contributed by atoms with Crippen molar-refractivity contribution in [3.05, 3.63) is 23.3 Å². The highest BCUT2D eigenvalue weighted by molar-refractivity contribution is 6.24. The van der Waals surface area contributed by atoms with Crippen LogP contribution < -0.4 is 9.80 Å². The number of benzene rings is 1. The third kappa shape index (κ3) is 3.89. The highest BCUT2D eigenvalue weighted by atomic mass is 16.4. The van der Waals surface area contributed by atoms with E-state index in [2.05, 4.69) is 0 Å². The van der Waals surface area contributed by atoms with Gasteiger partial charge in [0.15, 0.2) is 0 Å². The van der Waals surface area contributed by atoms with Gasteiger partial charge in [-0.1, -0.05) is 33.8 Å². The zero-order chi connectivity index (χ0) is 31.6. The summed E-state index contributed by atoms with van der Waals surface area (Å²) in [6, 6.07) is 3.28. The molecule has 10 nitrogen and oxygen atoms in total. The van der Waals surface area contributed by atoms with E-state index in [1.165, 1.54) is 0 Å². The number of anilines is 2. The van der Waals surface area contributed by atoms with Crippen LogP contribution >= 0.6 is 0 Å². The van der Waals surface area contributed by atoms with Gasteiger partial charge in [0.1, 0.15) is 0 Å². The summed E-state index contributed by atoms with van der Waals surface area (Å²) < 4.78 is 0. The third-order valence-electron chi connectivity index (χ3n) is 10.6. The molecule has 5 rings (SSSR count). The first-order valence-corrected chi connectivity index (χ1v) is 14.4. The smallest absolute Gasteiger partial charge is 0.309 e. The molecule has 4 atom stereocenters. The average molecular weight is 581 g/mol. The Morgan fingerprint density at radius 3 is 1.05 bits per heavy atom. The molecule has 2 heterocycles. The first-order chi connectivity index (χ1) is 19.0. The molecule has 10 heteroatoms. The van der Waals surface area contributed by atoms with Gasteiger partial charge >= 0.3 is 11.9 Å². The molecule has 4 bridgehead atoms. The number of aliphatic carboxylic acids is 2. The number of rotatable bonds is 4. The molecular weight excluding hydrogens is 540 g/mol. The van der Waals surface area contributed by atoms with Crippen LogP contribution in [0.2, 0.25) is 0 Å². The number of piperidine rings is 2. The molecule has 4 amide bonds. The Hall–Kier alpha value is -3.56. The van der Waals surface area contributed by atoms with Gasteiger partial charge in [0.2, 0.25) is 23.6 Å². The van der Waals surface area contributed by atoms with E-state index in [0.29, 0.717) is 11.1 Å². The average Bonchev–Trinajstić information content (AvgIpc) is 2.83. The van der Waals surface area contributed by atoms with Gasteiger partial charge in [-0.05, 0) is 83.4 Å². The molecular formula is C32H40N2O8. The zero-order valence-electron chi connectivity index (χ0n) is 25.6. The fourth-order valence-corrected chi connectivity index (χ4v) is 9.46. The summed E-state index contributed by atoms with van der Waals surface area (Å²) in [6.07, 6.45) is 0.774. The van der Waals surface area contributed by atoms with E-state index >= 15 is 0 Å². The maximum atomic E-state index is 14.1. The molecule has 2 saturated carbocycles. The van der Waals surface area contributed by atoms with Gasteiger partial charge in [0.05, 0.1) is 22.2 Å². The number of nitrogens with zero attached hydrogens (tertiary/aromatic N) is 2. The number of aryl methyl sites for hydroxylation is 2. The summed E-state index contributed by atoms with van der Waals surface area (Å²) in [6.45, 7) is 13.5. The SMILES string of the molecule is Cc1cc(C)c(N2C(=O)C3(C)CC(C)(C(=O)O)CC(C)(C3)C2=O)cc1N1C(=O)C2(C)CC(C)(C(=O)O)CC(C)(C2)C1=O. The summed E-state index contributed by atoms with van der Waals surface area (Å²) >= 11 is 0. The highest BCUT2D eigenvalue weighted by Gasteiger charge is 2.65. The number of hydrogen-bond acceptors (Lipinski definition) is 6. The topological polar surface area (TPSA) is 149 Å².